The van der Waals surface area contributed by atoms with E-state index in [4.69, 9.17) is 0 Å². The van der Waals surface area contributed by atoms with Gasteiger partial charge in [-0.25, -0.2) is 9.97 Å². The van der Waals surface area contributed by atoms with Crippen LogP contribution in [-0.4, -0.2) is 34.0 Å². The highest BCUT2D eigenvalue weighted by molar-refractivity contribution is 8.76. The first-order chi connectivity index (χ1) is 9.67. The van der Waals surface area contributed by atoms with Crippen molar-refractivity contribution in [2.24, 2.45) is 0 Å². The van der Waals surface area contributed by atoms with Gasteiger partial charge in [0.25, 0.3) is 11.1 Å². The molecule has 106 valence electrons. The van der Waals surface area contributed by atoms with Crippen LogP contribution >= 0.6 is 21.6 Å². The molecule has 0 fully saturated rings. The lowest BCUT2D eigenvalue weighted by molar-refractivity contribution is 1.04. The summed E-state index contributed by atoms with van der Waals surface area (Å²) in [5.41, 5.74) is -0.540. The summed E-state index contributed by atoms with van der Waals surface area (Å²) in [6, 6.07) is 0. The van der Waals surface area contributed by atoms with E-state index in [1.165, 1.54) is 12.7 Å². The second-order valence-corrected chi connectivity index (χ2v) is 5.64. The number of nitrogens with one attached hydrogen (secondary N) is 4. The Bertz CT molecular complexity index is 652. The first-order valence-electron chi connectivity index (χ1n) is 5.52. The molecule has 4 N–H and O–H groups in total. The van der Waals surface area contributed by atoms with Gasteiger partial charge in [-0.05, 0) is 21.6 Å². The molecule has 8 nitrogen and oxygen atoms in total. The fourth-order valence-electron chi connectivity index (χ4n) is 1.37. The van der Waals surface area contributed by atoms with Crippen molar-refractivity contribution in [1.29, 1.82) is 0 Å². The van der Waals surface area contributed by atoms with Gasteiger partial charge in [0.1, 0.15) is 21.4 Å². The number of anilines is 2. The third-order valence-electron chi connectivity index (χ3n) is 2.30. The molecule has 10 heteroatoms. The van der Waals surface area contributed by atoms with Crippen molar-refractivity contribution in [1.82, 2.24) is 19.9 Å². The molecule has 20 heavy (non-hydrogen) atoms. The molecule has 0 unspecified atom stereocenters. The maximum absolute atomic E-state index is 11.8. The largest absolute Gasteiger partial charge is 0.372 e. The van der Waals surface area contributed by atoms with Crippen LogP contribution in [0.2, 0.25) is 0 Å². The van der Waals surface area contributed by atoms with Gasteiger partial charge in [-0.2, -0.15) is 0 Å². The number of H-pyrrole nitrogens is 2. The summed E-state index contributed by atoms with van der Waals surface area (Å²) in [5.74, 6) is 0.912. The van der Waals surface area contributed by atoms with E-state index in [0.717, 1.165) is 21.6 Å². The van der Waals surface area contributed by atoms with Gasteiger partial charge in [-0.15, -0.1) is 0 Å². The van der Waals surface area contributed by atoms with E-state index >= 15 is 0 Å². The lowest BCUT2D eigenvalue weighted by Gasteiger charge is -2.07. The highest BCUT2D eigenvalue weighted by atomic mass is 33.1. The fraction of sp³-hybridized carbons (Fsp3) is 0.200. The van der Waals surface area contributed by atoms with Gasteiger partial charge in [0.2, 0.25) is 0 Å². The van der Waals surface area contributed by atoms with E-state index in [1.807, 2.05) is 0 Å². The molecule has 2 aromatic heterocycles. The molecular weight excluding hydrogens is 300 g/mol. The molecule has 2 heterocycles. The third kappa shape index (κ3) is 2.96. The summed E-state index contributed by atoms with van der Waals surface area (Å²) in [7, 11) is 5.63. The normalized spacial score (nSPS) is 10.3. The molecule has 0 aliphatic carbocycles. The van der Waals surface area contributed by atoms with Crippen LogP contribution in [0.4, 0.5) is 11.6 Å². The molecule has 2 aromatic rings. The molecule has 0 aliphatic rings. The molecule has 0 aliphatic heterocycles. The average molecular weight is 312 g/mol. The van der Waals surface area contributed by atoms with Gasteiger partial charge in [-0.3, -0.25) is 9.59 Å². The number of nitrogens with zero attached hydrogens (tertiary/aromatic N) is 2. The first-order valence-corrected chi connectivity index (χ1v) is 7.67. The zero-order chi connectivity index (χ0) is 14.5. The van der Waals surface area contributed by atoms with Gasteiger partial charge in [0.15, 0.2) is 0 Å². The molecule has 2 rings (SSSR count). The maximum atomic E-state index is 11.8. The average Bonchev–Trinajstić information content (AvgIpc) is 2.46. The summed E-state index contributed by atoms with van der Waals surface area (Å²) in [4.78, 5) is 37.4. The van der Waals surface area contributed by atoms with Gasteiger partial charge < -0.3 is 20.6 Å². The van der Waals surface area contributed by atoms with Crippen LogP contribution in [0, 0.1) is 0 Å². The monoisotopic (exact) mass is 312 g/mol. The van der Waals surface area contributed by atoms with Crippen molar-refractivity contribution in [2.75, 3.05) is 24.7 Å². The summed E-state index contributed by atoms with van der Waals surface area (Å²) < 4.78 is 0. The summed E-state index contributed by atoms with van der Waals surface area (Å²) in [6.45, 7) is 0. The number of aromatic amines is 2. The standard InChI is InChI=1S/C10H12N6O2S2/c1-11-7-5(9(17)15-3-13-7)19-20-6-8(12-2)14-4-16-10(6)18/h3-4H,1-2H3,(H2,11,13,15,17)(H2,12,14,16,18). The van der Waals surface area contributed by atoms with Crippen molar-refractivity contribution in [3.05, 3.63) is 33.4 Å². The van der Waals surface area contributed by atoms with E-state index in [1.54, 1.807) is 14.1 Å². The maximum Gasteiger partial charge on any atom is 0.267 e. The zero-order valence-electron chi connectivity index (χ0n) is 10.7. The predicted octanol–water partition coefficient (Wildman–Crippen LogP) is 0.736. The lowest BCUT2D eigenvalue weighted by Crippen LogP contribution is -2.13. The zero-order valence-corrected chi connectivity index (χ0v) is 12.3. The van der Waals surface area contributed by atoms with Crippen molar-refractivity contribution >= 4 is 33.2 Å². The minimum atomic E-state index is -0.270. The lowest BCUT2D eigenvalue weighted by atomic mass is 10.6. The van der Waals surface area contributed by atoms with Crippen molar-refractivity contribution in [2.45, 2.75) is 9.79 Å². The van der Waals surface area contributed by atoms with Crippen molar-refractivity contribution in [3.8, 4) is 0 Å². The van der Waals surface area contributed by atoms with Crippen LogP contribution in [0.3, 0.4) is 0 Å². The first kappa shape index (κ1) is 14.5. The van der Waals surface area contributed by atoms with E-state index < -0.39 is 0 Å². The highest BCUT2D eigenvalue weighted by Gasteiger charge is 2.13. The topological polar surface area (TPSA) is 116 Å². The smallest absolute Gasteiger partial charge is 0.267 e. The molecule has 0 saturated heterocycles. The number of hydrogen-bond donors (Lipinski definition) is 4. The summed E-state index contributed by atoms with van der Waals surface area (Å²) >= 11 is 0. The molecule has 0 atom stereocenters. The molecular formula is C10H12N6O2S2. The second-order valence-electron chi connectivity index (χ2n) is 3.49. The molecule has 0 saturated carbocycles. The van der Waals surface area contributed by atoms with Gasteiger partial charge in [0.05, 0.1) is 12.7 Å². The Hall–Kier alpha value is -1.94. The van der Waals surface area contributed by atoms with E-state index in [0.29, 0.717) is 21.4 Å². The molecule has 0 amide bonds. The van der Waals surface area contributed by atoms with Crippen LogP contribution in [0.15, 0.2) is 32.0 Å². The van der Waals surface area contributed by atoms with Gasteiger partial charge in [0, 0.05) is 14.1 Å². The molecule has 0 bridgehead atoms. The quantitative estimate of drug-likeness (QED) is 0.597. The number of rotatable bonds is 5. The van der Waals surface area contributed by atoms with Crippen molar-refractivity contribution < 1.29 is 0 Å². The van der Waals surface area contributed by atoms with Crippen molar-refractivity contribution in [3.63, 3.8) is 0 Å². The van der Waals surface area contributed by atoms with Gasteiger partial charge >= 0.3 is 0 Å². The van der Waals surface area contributed by atoms with Crippen LogP contribution in [-0.2, 0) is 0 Å². The Morgan fingerprint density at radius 2 is 1.30 bits per heavy atom. The Morgan fingerprint density at radius 3 is 1.65 bits per heavy atom. The number of aromatic nitrogens is 4. The SMILES string of the molecule is CNc1nc[nH]c(=O)c1SSc1c(NC)nc[nH]c1=O. The van der Waals surface area contributed by atoms with E-state index in [-0.39, 0.29) is 11.1 Å². The second kappa shape index (κ2) is 6.48. The van der Waals surface area contributed by atoms with Crippen LogP contribution in [0.25, 0.3) is 0 Å². The molecule has 0 aromatic carbocycles. The Balaban J connectivity index is 2.30. The Morgan fingerprint density at radius 1 is 0.900 bits per heavy atom. The van der Waals surface area contributed by atoms with Gasteiger partial charge in [-0.1, -0.05) is 0 Å². The summed E-state index contributed by atoms with van der Waals surface area (Å²) in [5, 5.41) is 5.67. The minimum Gasteiger partial charge on any atom is -0.372 e. The molecule has 0 radical (unpaired) electrons. The predicted molar refractivity (Wildman–Crippen MR) is 80.5 cm³/mol. The van der Waals surface area contributed by atoms with E-state index in [9.17, 15) is 9.59 Å². The molecule has 0 spiro atoms. The van der Waals surface area contributed by atoms with Crippen LogP contribution in [0.5, 0.6) is 0 Å². The highest BCUT2D eigenvalue weighted by Crippen LogP contribution is 2.38. The minimum absolute atomic E-state index is 0.270. The third-order valence-corrected chi connectivity index (χ3v) is 4.73. The Labute approximate surface area is 121 Å². The van der Waals surface area contributed by atoms with Crippen LogP contribution < -0.4 is 21.8 Å². The Kier molecular flexibility index (Phi) is 4.69. The fourth-order valence-corrected chi connectivity index (χ4v) is 3.70. The van der Waals surface area contributed by atoms with Crippen LogP contribution in [0.1, 0.15) is 0 Å². The number of hydrogen-bond acceptors (Lipinski definition) is 8. The summed E-state index contributed by atoms with van der Waals surface area (Å²) in [6.07, 6.45) is 2.64. The van der Waals surface area contributed by atoms with E-state index in [2.05, 4.69) is 30.6 Å².